The molecule has 1 aliphatic rings. The molecule has 0 saturated heterocycles. The van der Waals surface area contributed by atoms with Gasteiger partial charge in [-0.25, -0.2) is 0 Å². The summed E-state index contributed by atoms with van der Waals surface area (Å²) in [5, 5.41) is 9.01. The highest BCUT2D eigenvalue weighted by molar-refractivity contribution is 5.80. The van der Waals surface area contributed by atoms with Gasteiger partial charge in [0.2, 0.25) is 0 Å². The van der Waals surface area contributed by atoms with Gasteiger partial charge in [0.15, 0.2) is 0 Å². The summed E-state index contributed by atoms with van der Waals surface area (Å²) in [5.74, 6) is -0.861. The Hall–Kier alpha value is -2.13. The molecule has 0 saturated carbocycles. The molecule has 3 N–H and O–H groups in total. The van der Waals surface area contributed by atoms with Crippen LogP contribution in [0.2, 0.25) is 0 Å². The Morgan fingerprint density at radius 2 is 1.53 bits per heavy atom. The van der Waals surface area contributed by atoms with Crippen LogP contribution in [0.5, 0.6) is 0 Å². The lowest BCUT2D eigenvalue weighted by molar-refractivity contribution is -0.138. The number of fused-ring (bicyclic) bond motifs is 3. The van der Waals surface area contributed by atoms with E-state index in [1.165, 1.54) is 22.3 Å². The summed E-state index contributed by atoms with van der Waals surface area (Å²) in [4.78, 5) is 11.0. The maximum Gasteiger partial charge on any atom is 0.320 e. The maximum atomic E-state index is 11.0. The summed E-state index contributed by atoms with van der Waals surface area (Å²) >= 11 is 0. The van der Waals surface area contributed by atoms with Crippen LogP contribution in [-0.2, 0) is 4.79 Å². The van der Waals surface area contributed by atoms with Crippen molar-refractivity contribution in [3.63, 3.8) is 0 Å². The van der Waals surface area contributed by atoms with Crippen LogP contribution in [0.1, 0.15) is 23.5 Å². The van der Waals surface area contributed by atoms with Crippen molar-refractivity contribution in [2.75, 3.05) is 0 Å². The summed E-state index contributed by atoms with van der Waals surface area (Å²) in [7, 11) is 0. The highest BCUT2D eigenvalue weighted by Crippen LogP contribution is 2.46. The van der Waals surface area contributed by atoms with E-state index >= 15 is 0 Å². The second-order valence-electron chi connectivity index (χ2n) is 4.91. The monoisotopic (exact) mass is 253 g/mol. The van der Waals surface area contributed by atoms with Crippen LogP contribution in [0.3, 0.4) is 0 Å². The lowest BCUT2D eigenvalue weighted by Gasteiger charge is -2.16. The minimum atomic E-state index is -0.943. The number of benzene rings is 2. The summed E-state index contributed by atoms with van der Waals surface area (Å²) < 4.78 is 0. The van der Waals surface area contributed by atoms with Gasteiger partial charge in [-0.3, -0.25) is 4.79 Å². The van der Waals surface area contributed by atoms with Gasteiger partial charge < -0.3 is 10.8 Å². The molecule has 0 amide bonds. The fourth-order valence-corrected chi connectivity index (χ4v) is 2.87. The Balaban J connectivity index is 2.07. The van der Waals surface area contributed by atoms with E-state index in [1.54, 1.807) is 0 Å². The Bertz CT molecular complexity index is 591. The third-order valence-electron chi connectivity index (χ3n) is 3.77. The van der Waals surface area contributed by atoms with Gasteiger partial charge >= 0.3 is 5.97 Å². The van der Waals surface area contributed by atoms with Gasteiger partial charge in [0.25, 0.3) is 0 Å². The first-order valence-corrected chi connectivity index (χ1v) is 6.35. The largest absolute Gasteiger partial charge is 0.480 e. The fraction of sp³-hybridized carbons (Fsp3) is 0.188. The number of hydrogen-bond donors (Lipinski definition) is 2. The van der Waals surface area contributed by atoms with E-state index in [2.05, 4.69) is 24.3 Å². The van der Waals surface area contributed by atoms with E-state index < -0.39 is 12.0 Å². The van der Waals surface area contributed by atoms with Gasteiger partial charge in [0.1, 0.15) is 6.04 Å². The summed E-state index contributed by atoms with van der Waals surface area (Å²) in [6.07, 6.45) is 0.434. The van der Waals surface area contributed by atoms with Gasteiger partial charge in [-0.2, -0.15) is 0 Å². The SMILES string of the molecule is N[C@@H](CC1c2ccccc2-c2ccccc21)C(=O)O. The topological polar surface area (TPSA) is 63.3 Å². The van der Waals surface area contributed by atoms with Crippen LogP contribution < -0.4 is 5.73 Å². The third kappa shape index (κ3) is 1.92. The molecule has 2 aromatic carbocycles. The summed E-state index contributed by atoms with van der Waals surface area (Å²) in [6, 6.07) is 15.5. The second kappa shape index (κ2) is 4.52. The maximum absolute atomic E-state index is 11.0. The number of nitrogens with two attached hydrogens (primary N) is 1. The first-order chi connectivity index (χ1) is 9.18. The Morgan fingerprint density at radius 3 is 2.00 bits per heavy atom. The molecule has 0 radical (unpaired) electrons. The lowest BCUT2D eigenvalue weighted by atomic mass is 9.90. The normalized spacial score (nSPS) is 14.8. The standard InChI is InChI=1S/C16H15NO2/c17-15(16(18)19)9-14-12-7-3-1-5-10(12)11-6-2-4-8-13(11)14/h1-8,14-15H,9,17H2,(H,18,19)/t15-/m0/s1. The van der Waals surface area contributed by atoms with Crippen LogP contribution in [-0.4, -0.2) is 17.1 Å². The van der Waals surface area contributed by atoms with E-state index in [4.69, 9.17) is 10.8 Å². The zero-order chi connectivity index (χ0) is 13.4. The lowest BCUT2D eigenvalue weighted by Crippen LogP contribution is -2.31. The van der Waals surface area contributed by atoms with Crippen LogP contribution >= 0.6 is 0 Å². The second-order valence-corrected chi connectivity index (χ2v) is 4.91. The minimum absolute atomic E-state index is 0.0819. The van der Waals surface area contributed by atoms with Gasteiger partial charge in [0, 0.05) is 5.92 Å². The van der Waals surface area contributed by atoms with Crippen molar-refractivity contribution in [2.24, 2.45) is 5.73 Å². The number of aliphatic carboxylic acids is 1. The molecule has 2 aromatic rings. The zero-order valence-corrected chi connectivity index (χ0v) is 10.4. The van der Waals surface area contributed by atoms with Gasteiger partial charge in [0.05, 0.1) is 0 Å². The zero-order valence-electron chi connectivity index (χ0n) is 10.4. The molecule has 3 nitrogen and oxygen atoms in total. The number of carbonyl (C=O) groups is 1. The van der Waals surface area contributed by atoms with Crippen LogP contribution in [0.4, 0.5) is 0 Å². The van der Waals surface area contributed by atoms with Crippen LogP contribution in [0, 0.1) is 0 Å². The van der Waals surface area contributed by atoms with E-state index in [0.717, 1.165) is 0 Å². The molecule has 1 atom stereocenters. The van der Waals surface area contributed by atoms with Crippen molar-refractivity contribution in [1.29, 1.82) is 0 Å². The molecule has 0 heterocycles. The van der Waals surface area contributed by atoms with Crippen LogP contribution in [0.15, 0.2) is 48.5 Å². The molecule has 0 bridgehead atoms. The highest BCUT2D eigenvalue weighted by atomic mass is 16.4. The first kappa shape index (κ1) is 11.9. The molecular formula is C16H15NO2. The highest BCUT2D eigenvalue weighted by Gasteiger charge is 2.30. The van der Waals surface area contributed by atoms with Crippen molar-refractivity contribution in [1.82, 2.24) is 0 Å². The number of carboxylic acids is 1. The van der Waals surface area contributed by atoms with E-state index in [0.29, 0.717) is 6.42 Å². The summed E-state index contributed by atoms with van der Waals surface area (Å²) in [6.45, 7) is 0. The fourth-order valence-electron chi connectivity index (χ4n) is 2.87. The molecule has 96 valence electrons. The van der Waals surface area contributed by atoms with E-state index in [1.807, 2.05) is 24.3 Å². The molecule has 3 heteroatoms. The van der Waals surface area contributed by atoms with Gasteiger partial charge in [-0.15, -0.1) is 0 Å². The molecule has 0 aromatic heterocycles. The Kier molecular flexibility index (Phi) is 2.84. The van der Waals surface area contributed by atoms with Crippen molar-refractivity contribution < 1.29 is 9.90 Å². The van der Waals surface area contributed by atoms with Crippen LogP contribution in [0.25, 0.3) is 11.1 Å². The summed E-state index contributed by atoms with van der Waals surface area (Å²) in [5.41, 5.74) is 10.5. The predicted octanol–water partition coefficient (Wildman–Crippen LogP) is 2.60. The van der Waals surface area contributed by atoms with Crippen molar-refractivity contribution in [2.45, 2.75) is 18.4 Å². The minimum Gasteiger partial charge on any atom is -0.480 e. The number of carboxylic acid groups (broad SMARTS) is 1. The molecule has 0 fully saturated rings. The average molecular weight is 253 g/mol. The number of hydrogen-bond acceptors (Lipinski definition) is 2. The molecule has 19 heavy (non-hydrogen) atoms. The van der Waals surface area contributed by atoms with E-state index in [9.17, 15) is 4.79 Å². The van der Waals surface area contributed by atoms with Crippen molar-refractivity contribution >= 4 is 5.97 Å². The van der Waals surface area contributed by atoms with Gasteiger partial charge in [-0.05, 0) is 28.7 Å². The molecule has 0 aliphatic heterocycles. The average Bonchev–Trinajstić information content (AvgIpc) is 2.74. The van der Waals surface area contributed by atoms with Gasteiger partial charge in [-0.1, -0.05) is 48.5 Å². The first-order valence-electron chi connectivity index (χ1n) is 6.35. The van der Waals surface area contributed by atoms with Crippen molar-refractivity contribution in [3.8, 4) is 11.1 Å². The smallest absolute Gasteiger partial charge is 0.320 e. The number of rotatable bonds is 3. The predicted molar refractivity (Wildman–Crippen MR) is 73.9 cm³/mol. The van der Waals surface area contributed by atoms with Crippen molar-refractivity contribution in [3.05, 3.63) is 59.7 Å². The molecule has 0 unspecified atom stereocenters. The molecule has 3 rings (SSSR count). The molecule has 1 aliphatic carbocycles. The Labute approximate surface area is 111 Å². The Morgan fingerprint density at radius 1 is 1.05 bits per heavy atom. The quantitative estimate of drug-likeness (QED) is 0.883. The molecule has 0 spiro atoms. The molecular weight excluding hydrogens is 238 g/mol. The third-order valence-corrected chi connectivity index (χ3v) is 3.77. The van der Waals surface area contributed by atoms with E-state index in [-0.39, 0.29) is 5.92 Å².